The van der Waals surface area contributed by atoms with Crippen molar-refractivity contribution in [3.63, 3.8) is 0 Å². The molecule has 6 heteroatoms. The molecule has 0 atom stereocenters. The first-order valence-corrected chi connectivity index (χ1v) is 4.56. The first-order chi connectivity index (χ1) is 7.33. The zero-order valence-electron chi connectivity index (χ0n) is 8.19. The second-order valence-electron chi connectivity index (χ2n) is 2.85. The summed E-state index contributed by atoms with van der Waals surface area (Å²) in [5, 5.41) is 17.4. The normalized spacial score (nSPS) is 9.53. The molecule has 0 aliphatic heterocycles. The van der Waals surface area contributed by atoms with Gasteiger partial charge in [-0.05, 0) is 0 Å². The van der Waals surface area contributed by atoms with Gasteiger partial charge in [-0.1, -0.05) is 5.16 Å². The molecular weight excluding hydrogens is 196 g/mol. The minimum Gasteiger partial charge on any atom is -0.364 e. The molecule has 0 spiro atoms. The van der Waals surface area contributed by atoms with Gasteiger partial charge in [-0.3, -0.25) is 4.79 Å². The minimum atomic E-state index is -0.131. The number of hydrogen-bond acceptors (Lipinski definition) is 5. The van der Waals surface area contributed by atoms with Crippen molar-refractivity contribution in [3.8, 4) is 6.07 Å². The highest BCUT2D eigenvalue weighted by atomic mass is 16.5. The highest BCUT2D eigenvalue weighted by Crippen LogP contribution is 1.91. The second kappa shape index (κ2) is 6.56. The van der Waals surface area contributed by atoms with E-state index in [9.17, 15) is 4.79 Å². The number of nitriles is 1. The zero-order valence-corrected chi connectivity index (χ0v) is 8.19. The van der Waals surface area contributed by atoms with Crippen molar-refractivity contribution in [1.29, 1.82) is 5.26 Å². The molecule has 2 N–H and O–H groups in total. The topological polar surface area (TPSA) is 91.0 Å². The lowest BCUT2D eigenvalue weighted by molar-refractivity contribution is -0.120. The van der Waals surface area contributed by atoms with Crippen molar-refractivity contribution in [2.24, 2.45) is 0 Å². The van der Waals surface area contributed by atoms with E-state index in [4.69, 9.17) is 5.26 Å². The molecule has 1 rings (SSSR count). The van der Waals surface area contributed by atoms with Crippen LogP contribution < -0.4 is 10.6 Å². The van der Waals surface area contributed by atoms with E-state index in [1.807, 2.05) is 6.07 Å². The first kappa shape index (κ1) is 11.2. The third-order valence-electron chi connectivity index (χ3n) is 1.64. The Kier molecular flexibility index (Phi) is 4.90. The Balaban J connectivity index is 2.05. The Labute approximate surface area is 87.2 Å². The van der Waals surface area contributed by atoms with Gasteiger partial charge in [-0.25, -0.2) is 0 Å². The van der Waals surface area contributed by atoms with Crippen LogP contribution in [-0.2, 0) is 11.3 Å². The van der Waals surface area contributed by atoms with Crippen LogP contribution >= 0.6 is 0 Å². The Morgan fingerprint density at radius 2 is 2.53 bits per heavy atom. The van der Waals surface area contributed by atoms with Crippen molar-refractivity contribution in [1.82, 2.24) is 15.8 Å². The third kappa shape index (κ3) is 4.78. The molecule has 0 aliphatic rings. The second-order valence-corrected chi connectivity index (χ2v) is 2.85. The monoisotopic (exact) mass is 208 g/mol. The molecule has 6 nitrogen and oxygen atoms in total. The highest BCUT2D eigenvalue weighted by molar-refractivity contribution is 5.77. The van der Waals surface area contributed by atoms with Crippen LogP contribution in [0.2, 0.25) is 0 Å². The molecule has 1 aromatic heterocycles. The summed E-state index contributed by atoms with van der Waals surface area (Å²) >= 11 is 0. The lowest BCUT2D eigenvalue weighted by Crippen LogP contribution is -2.34. The summed E-state index contributed by atoms with van der Waals surface area (Å²) in [6, 6.07) is 3.67. The average molecular weight is 208 g/mol. The number of carbonyl (C=O) groups is 1. The Bertz CT molecular complexity index is 328. The van der Waals surface area contributed by atoms with Crippen molar-refractivity contribution in [3.05, 3.63) is 18.0 Å². The van der Waals surface area contributed by atoms with Crippen molar-refractivity contribution >= 4 is 5.91 Å². The molecule has 0 unspecified atom stereocenters. The quantitative estimate of drug-likeness (QED) is 0.631. The number of aromatic nitrogens is 1. The summed E-state index contributed by atoms with van der Waals surface area (Å²) in [5.41, 5.74) is 0.750. The molecule has 0 saturated carbocycles. The SMILES string of the molecule is N#CCCNC(=O)CNCc1ccon1. The number of rotatable bonds is 6. The van der Waals surface area contributed by atoms with Gasteiger partial charge in [0.05, 0.1) is 24.7 Å². The van der Waals surface area contributed by atoms with Crippen LogP contribution in [-0.4, -0.2) is 24.2 Å². The minimum absolute atomic E-state index is 0.131. The molecule has 0 bridgehead atoms. The van der Waals surface area contributed by atoms with Crippen LogP contribution in [0.25, 0.3) is 0 Å². The largest absolute Gasteiger partial charge is 0.364 e. The Morgan fingerprint density at radius 3 is 3.20 bits per heavy atom. The fourth-order valence-electron chi connectivity index (χ4n) is 0.953. The zero-order chi connectivity index (χ0) is 10.9. The Hall–Kier alpha value is -1.87. The van der Waals surface area contributed by atoms with Crippen LogP contribution in [0, 0.1) is 11.3 Å². The van der Waals surface area contributed by atoms with Crippen LogP contribution in [0.4, 0.5) is 0 Å². The lowest BCUT2D eigenvalue weighted by Gasteiger charge is -2.02. The maximum atomic E-state index is 11.1. The maximum absolute atomic E-state index is 11.1. The average Bonchev–Trinajstić information content (AvgIpc) is 2.71. The number of nitrogens with zero attached hydrogens (tertiary/aromatic N) is 2. The molecule has 0 radical (unpaired) electrons. The van der Waals surface area contributed by atoms with Gasteiger partial charge >= 0.3 is 0 Å². The summed E-state index contributed by atoms with van der Waals surface area (Å²) in [5.74, 6) is -0.131. The van der Waals surface area contributed by atoms with Gasteiger partial charge in [0, 0.05) is 19.2 Å². The van der Waals surface area contributed by atoms with E-state index in [-0.39, 0.29) is 12.5 Å². The van der Waals surface area contributed by atoms with Gasteiger partial charge in [-0.2, -0.15) is 5.26 Å². The van der Waals surface area contributed by atoms with E-state index in [2.05, 4.69) is 20.3 Å². The molecule has 0 aliphatic carbocycles. The predicted molar refractivity (Wildman–Crippen MR) is 51.4 cm³/mol. The van der Waals surface area contributed by atoms with Gasteiger partial charge < -0.3 is 15.2 Å². The molecule has 1 heterocycles. The van der Waals surface area contributed by atoms with Gasteiger partial charge in [0.2, 0.25) is 5.91 Å². The smallest absolute Gasteiger partial charge is 0.234 e. The van der Waals surface area contributed by atoms with Gasteiger partial charge in [0.15, 0.2) is 0 Å². The fraction of sp³-hybridized carbons (Fsp3) is 0.444. The summed E-state index contributed by atoms with van der Waals surface area (Å²) in [6.07, 6.45) is 1.80. The summed E-state index contributed by atoms with van der Waals surface area (Å²) in [7, 11) is 0. The maximum Gasteiger partial charge on any atom is 0.234 e. The van der Waals surface area contributed by atoms with E-state index in [1.54, 1.807) is 6.07 Å². The first-order valence-electron chi connectivity index (χ1n) is 4.56. The molecule has 0 fully saturated rings. The number of hydrogen-bond donors (Lipinski definition) is 2. The lowest BCUT2D eigenvalue weighted by atomic mass is 10.4. The number of amides is 1. The Morgan fingerprint density at radius 1 is 1.67 bits per heavy atom. The third-order valence-corrected chi connectivity index (χ3v) is 1.64. The van der Waals surface area contributed by atoms with E-state index in [0.717, 1.165) is 5.69 Å². The van der Waals surface area contributed by atoms with Gasteiger partial charge in [0.1, 0.15) is 6.26 Å². The van der Waals surface area contributed by atoms with Crippen LogP contribution in [0.15, 0.2) is 16.9 Å². The number of carbonyl (C=O) groups excluding carboxylic acids is 1. The van der Waals surface area contributed by atoms with E-state index >= 15 is 0 Å². The highest BCUT2D eigenvalue weighted by Gasteiger charge is 2.00. The van der Waals surface area contributed by atoms with E-state index in [1.165, 1.54) is 6.26 Å². The summed E-state index contributed by atoms with van der Waals surface area (Å²) in [4.78, 5) is 11.1. The summed E-state index contributed by atoms with van der Waals surface area (Å²) in [6.45, 7) is 1.08. The standard InChI is InChI=1S/C9H12N4O2/c10-3-1-4-12-9(14)7-11-6-8-2-5-15-13-8/h2,5,11H,1,4,6-7H2,(H,12,14). The van der Waals surface area contributed by atoms with Gasteiger partial charge in [-0.15, -0.1) is 0 Å². The molecule has 80 valence electrons. The molecule has 0 saturated heterocycles. The molecule has 0 aromatic carbocycles. The van der Waals surface area contributed by atoms with Crippen LogP contribution in [0.3, 0.4) is 0 Å². The van der Waals surface area contributed by atoms with E-state index < -0.39 is 0 Å². The summed E-state index contributed by atoms with van der Waals surface area (Å²) < 4.78 is 4.62. The molecule has 15 heavy (non-hydrogen) atoms. The molecule has 1 amide bonds. The number of nitrogens with one attached hydrogen (secondary N) is 2. The fourth-order valence-corrected chi connectivity index (χ4v) is 0.953. The van der Waals surface area contributed by atoms with Gasteiger partial charge in [0.25, 0.3) is 0 Å². The predicted octanol–water partition coefficient (Wildman–Crippen LogP) is -0.206. The molecule has 1 aromatic rings. The van der Waals surface area contributed by atoms with Crippen molar-refractivity contribution in [2.45, 2.75) is 13.0 Å². The van der Waals surface area contributed by atoms with E-state index in [0.29, 0.717) is 19.5 Å². The molecular formula is C9H12N4O2. The van der Waals surface area contributed by atoms with Crippen molar-refractivity contribution in [2.75, 3.05) is 13.1 Å². The van der Waals surface area contributed by atoms with Crippen molar-refractivity contribution < 1.29 is 9.32 Å². The van der Waals surface area contributed by atoms with Crippen LogP contribution in [0.1, 0.15) is 12.1 Å². The van der Waals surface area contributed by atoms with Crippen LogP contribution in [0.5, 0.6) is 0 Å².